The second kappa shape index (κ2) is 8.35. The maximum atomic E-state index is 12.6. The van der Waals surface area contributed by atoms with Crippen LogP contribution >= 0.6 is 11.3 Å². The molecule has 0 unspecified atom stereocenters. The van der Waals surface area contributed by atoms with Crippen molar-refractivity contribution in [1.82, 2.24) is 15.2 Å². The summed E-state index contributed by atoms with van der Waals surface area (Å²) >= 11 is 1.58. The molecule has 0 saturated carbocycles. The summed E-state index contributed by atoms with van der Waals surface area (Å²) in [5.74, 6) is 1.37. The lowest BCUT2D eigenvalue weighted by Gasteiger charge is -2.16. The van der Waals surface area contributed by atoms with Gasteiger partial charge in [-0.1, -0.05) is 24.3 Å². The van der Waals surface area contributed by atoms with E-state index in [1.165, 1.54) is 0 Å². The first kappa shape index (κ1) is 19.5. The van der Waals surface area contributed by atoms with E-state index < -0.39 is 0 Å². The molecule has 1 saturated heterocycles. The number of furan rings is 1. The molecule has 4 aromatic rings. The molecule has 0 bridgehead atoms. The number of thiazole rings is 1. The molecule has 2 aromatic carbocycles. The number of likely N-dealkylation sites (tertiary alicyclic amines) is 1. The highest BCUT2D eigenvalue weighted by Crippen LogP contribution is 2.31. The van der Waals surface area contributed by atoms with E-state index in [0.717, 1.165) is 33.8 Å². The van der Waals surface area contributed by atoms with Gasteiger partial charge in [0.1, 0.15) is 5.76 Å². The summed E-state index contributed by atoms with van der Waals surface area (Å²) < 4.78 is 7.01. The van der Waals surface area contributed by atoms with Crippen molar-refractivity contribution in [3.63, 3.8) is 0 Å². The van der Waals surface area contributed by atoms with Crippen LogP contribution in [0.5, 0.6) is 0 Å². The zero-order chi connectivity index (χ0) is 21.2. The second-order valence-electron chi connectivity index (χ2n) is 7.55. The van der Waals surface area contributed by atoms with E-state index in [9.17, 15) is 9.59 Å². The van der Waals surface area contributed by atoms with Gasteiger partial charge in [-0.2, -0.15) is 0 Å². The summed E-state index contributed by atoms with van der Waals surface area (Å²) in [6, 6.07) is 19.1. The van der Waals surface area contributed by atoms with Crippen molar-refractivity contribution in [2.75, 3.05) is 6.54 Å². The summed E-state index contributed by atoms with van der Waals surface area (Å²) in [5.41, 5.74) is 2.48. The lowest BCUT2D eigenvalue weighted by atomic mass is 10.1. The highest BCUT2D eigenvalue weighted by atomic mass is 32.1. The fourth-order valence-corrected chi connectivity index (χ4v) is 4.66. The maximum Gasteiger partial charge on any atom is 0.251 e. The molecule has 1 N–H and O–H groups in total. The van der Waals surface area contributed by atoms with Crippen molar-refractivity contribution in [3.05, 3.63) is 77.6 Å². The third-order valence-electron chi connectivity index (χ3n) is 5.32. The summed E-state index contributed by atoms with van der Waals surface area (Å²) in [6.07, 6.45) is 1.52. The molecular weight excluding hydrogens is 410 g/mol. The van der Waals surface area contributed by atoms with Crippen LogP contribution in [0, 0.1) is 0 Å². The van der Waals surface area contributed by atoms with E-state index in [2.05, 4.69) is 10.3 Å². The van der Waals surface area contributed by atoms with Crippen molar-refractivity contribution >= 4 is 33.4 Å². The van der Waals surface area contributed by atoms with Crippen LogP contribution < -0.4 is 5.32 Å². The number of rotatable bonds is 6. The molecule has 7 heteroatoms. The molecule has 31 heavy (non-hydrogen) atoms. The summed E-state index contributed by atoms with van der Waals surface area (Å²) in [4.78, 5) is 30.9. The monoisotopic (exact) mass is 431 g/mol. The van der Waals surface area contributed by atoms with Crippen molar-refractivity contribution in [3.8, 4) is 10.8 Å². The summed E-state index contributed by atoms with van der Waals surface area (Å²) in [5, 5.41) is 3.73. The summed E-state index contributed by atoms with van der Waals surface area (Å²) in [6.45, 7) is 1.62. The smallest absolute Gasteiger partial charge is 0.251 e. The average Bonchev–Trinajstić information content (AvgIpc) is 3.52. The van der Waals surface area contributed by atoms with Crippen LogP contribution in [-0.2, 0) is 17.9 Å². The Morgan fingerprint density at radius 2 is 2.03 bits per heavy atom. The Morgan fingerprint density at radius 1 is 1.13 bits per heavy atom. The Hall–Kier alpha value is -3.45. The molecule has 0 radical (unpaired) electrons. The molecule has 1 aliphatic rings. The van der Waals surface area contributed by atoms with Gasteiger partial charge in [0.25, 0.3) is 5.91 Å². The van der Waals surface area contributed by atoms with Crippen molar-refractivity contribution in [1.29, 1.82) is 0 Å². The third-order valence-corrected chi connectivity index (χ3v) is 6.37. The molecule has 6 nitrogen and oxygen atoms in total. The van der Waals surface area contributed by atoms with E-state index in [1.54, 1.807) is 17.4 Å². The Balaban J connectivity index is 1.23. The van der Waals surface area contributed by atoms with Crippen molar-refractivity contribution in [2.24, 2.45) is 0 Å². The number of para-hydroxylation sites is 1. The molecule has 3 heterocycles. The quantitative estimate of drug-likeness (QED) is 0.484. The maximum absolute atomic E-state index is 12.6. The van der Waals surface area contributed by atoms with Gasteiger partial charge in [0.05, 0.1) is 16.8 Å². The van der Waals surface area contributed by atoms with Crippen LogP contribution in [0.2, 0.25) is 0 Å². The van der Waals surface area contributed by atoms with Crippen molar-refractivity contribution in [2.45, 2.75) is 25.9 Å². The Bertz CT molecular complexity index is 1230. The standard InChI is InChI=1S/C24H21N3O3S/c28-22-9-4-12-27(22)15-16-5-3-6-17(13-16)23(29)25-14-18-10-11-20(30-18)24-26-19-7-1-2-8-21(19)31-24/h1-3,5-8,10-11,13H,4,9,12,14-15H2,(H,25,29). The number of carbonyl (C=O) groups is 2. The number of carbonyl (C=O) groups excluding carboxylic acids is 2. The highest BCUT2D eigenvalue weighted by Gasteiger charge is 2.20. The fourth-order valence-electron chi connectivity index (χ4n) is 3.74. The number of fused-ring (bicyclic) bond motifs is 1. The second-order valence-corrected chi connectivity index (χ2v) is 8.59. The van der Waals surface area contributed by atoms with Gasteiger partial charge >= 0.3 is 0 Å². The van der Waals surface area contributed by atoms with Gasteiger partial charge in [-0.25, -0.2) is 4.98 Å². The number of benzene rings is 2. The van der Waals surface area contributed by atoms with E-state index >= 15 is 0 Å². The minimum atomic E-state index is -0.174. The normalized spacial score (nSPS) is 13.8. The lowest BCUT2D eigenvalue weighted by Crippen LogP contribution is -2.25. The molecule has 156 valence electrons. The van der Waals surface area contributed by atoms with Gasteiger partial charge in [0, 0.05) is 25.1 Å². The van der Waals surface area contributed by atoms with E-state index in [4.69, 9.17) is 4.42 Å². The van der Waals surface area contributed by atoms with E-state index in [0.29, 0.717) is 36.6 Å². The van der Waals surface area contributed by atoms with Crippen molar-refractivity contribution < 1.29 is 14.0 Å². The molecule has 1 fully saturated rings. The van der Waals surface area contributed by atoms with Crippen LogP contribution in [0.1, 0.15) is 34.5 Å². The SMILES string of the molecule is O=C(NCc1ccc(-c2nc3ccccc3s2)o1)c1cccc(CN2CCCC2=O)c1. The minimum absolute atomic E-state index is 0.174. The summed E-state index contributed by atoms with van der Waals surface area (Å²) in [7, 11) is 0. The Kier molecular flexibility index (Phi) is 5.26. The predicted molar refractivity (Wildman–Crippen MR) is 120 cm³/mol. The highest BCUT2D eigenvalue weighted by molar-refractivity contribution is 7.21. The van der Waals surface area contributed by atoms with E-state index in [-0.39, 0.29) is 11.8 Å². The number of nitrogens with one attached hydrogen (secondary N) is 1. The largest absolute Gasteiger partial charge is 0.457 e. The number of aromatic nitrogens is 1. The zero-order valence-corrected chi connectivity index (χ0v) is 17.7. The molecule has 1 aliphatic heterocycles. The lowest BCUT2D eigenvalue weighted by molar-refractivity contribution is -0.128. The van der Waals surface area contributed by atoms with Crippen LogP contribution in [0.4, 0.5) is 0 Å². The van der Waals surface area contributed by atoms with Crippen LogP contribution in [0.3, 0.4) is 0 Å². The number of nitrogens with zero attached hydrogens (tertiary/aromatic N) is 2. The number of amides is 2. The molecular formula is C24H21N3O3S. The minimum Gasteiger partial charge on any atom is -0.457 e. The Morgan fingerprint density at radius 3 is 2.87 bits per heavy atom. The van der Waals surface area contributed by atoms with Crippen LogP contribution in [-0.4, -0.2) is 28.2 Å². The predicted octanol–water partition coefficient (Wildman–Crippen LogP) is 4.61. The van der Waals surface area contributed by atoms with Gasteiger partial charge in [0.2, 0.25) is 5.91 Å². The van der Waals surface area contributed by atoms with Gasteiger partial charge in [-0.3, -0.25) is 9.59 Å². The zero-order valence-electron chi connectivity index (χ0n) is 16.8. The van der Waals surface area contributed by atoms with Gasteiger partial charge in [0.15, 0.2) is 10.8 Å². The topological polar surface area (TPSA) is 75.4 Å². The molecule has 5 rings (SSSR count). The number of hydrogen-bond donors (Lipinski definition) is 1. The Labute approximate surface area is 183 Å². The fraction of sp³-hybridized carbons (Fsp3) is 0.208. The first-order chi connectivity index (χ1) is 15.2. The molecule has 2 aromatic heterocycles. The van der Waals surface area contributed by atoms with Gasteiger partial charge in [-0.05, 0) is 48.4 Å². The van der Waals surface area contributed by atoms with Crippen LogP contribution in [0.25, 0.3) is 21.0 Å². The van der Waals surface area contributed by atoms with Gasteiger partial charge in [-0.15, -0.1) is 11.3 Å². The molecule has 0 aliphatic carbocycles. The third kappa shape index (κ3) is 4.22. The van der Waals surface area contributed by atoms with Gasteiger partial charge < -0.3 is 14.6 Å². The molecule has 2 amide bonds. The average molecular weight is 432 g/mol. The van der Waals surface area contributed by atoms with Crippen LogP contribution in [0.15, 0.2) is 65.1 Å². The molecule has 0 spiro atoms. The number of hydrogen-bond acceptors (Lipinski definition) is 5. The first-order valence-electron chi connectivity index (χ1n) is 10.3. The molecule has 0 atom stereocenters. The first-order valence-corrected chi connectivity index (χ1v) is 11.1. The van der Waals surface area contributed by atoms with E-state index in [1.807, 2.05) is 59.5 Å².